The number of carbonyl (C=O) groups excluding carboxylic acids is 2. The van der Waals surface area contributed by atoms with E-state index < -0.39 is 23.8 Å². The van der Waals surface area contributed by atoms with E-state index in [2.05, 4.69) is 9.47 Å². The third-order valence-corrected chi connectivity index (χ3v) is 1.42. The summed E-state index contributed by atoms with van der Waals surface area (Å²) in [5, 5.41) is 0. The lowest BCUT2D eigenvalue weighted by Crippen LogP contribution is -2.29. The lowest BCUT2D eigenvalue weighted by molar-refractivity contribution is -0.172. The molecule has 0 amide bonds. The molecule has 5 heteroatoms. The molecule has 0 N–H and O–H groups in total. The summed E-state index contributed by atoms with van der Waals surface area (Å²) in [5.74, 6) is -0.421. The first-order valence-corrected chi connectivity index (χ1v) is 3.94. The lowest BCUT2D eigenvalue weighted by Gasteiger charge is -2.18. The number of hydrogen-bond acceptors (Lipinski definition) is 5. The normalized spacial score (nSPS) is 22.1. The Morgan fingerprint density at radius 1 is 1.54 bits per heavy atom. The second-order valence-electron chi connectivity index (χ2n) is 3.76. The molecule has 5 nitrogen and oxygen atoms in total. The minimum absolute atomic E-state index is 0.0271. The first-order valence-electron chi connectivity index (χ1n) is 3.94. The van der Waals surface area contributed by atoms with E-state index in [9.17, 15) is 9.59 Å². The van der Waals surface area contributed by atoms with Gasteiger partial charge in [-0.25, -0.2) is 4.79 Å². The lowest BCUT2D eigenvalue weighted by atomic mass is 9.97. The van der Waals surface area contributed by atoms with Crippen LogP contribution in [0, 0.1) is 5.41 Å². The summed E-state index contributed by atoms with van der Waals surface area (Å²) in [6, 6.07) is 0. The van der Waals surface area contributed by atoms with Gasteiger partial charge in [-0.15, -0.1) is 0 Å². The number of rotatable bonds is 1. The van der Waals surface area contributed by atoms with E-state index in [4.69, 9.17) is 4.74 Å². The largest absolute Gasteiger partial charge is 0.511 e. The fourth-order valence-corrected chi connectivity index (χ4v) is 0.666. The van der Waals surface area contributed by atoms with Gasteiger partial charge in [-0.3, -0.25) is 4.79 Å². The zero-order valence-corrected chi connectivity index (χ0v) is 7.83. The van der Waals surface area contributed by atoms with Crippen molar-refractivity contribution >= 4 is 12.1 Å². The highest BCUT2D eigenvalue weighted by Gasteiger charge is 2.32. The van der Waals surface area contributed by atoms with Crippen molar-refractivity contribution in [3.63, 3.8) is 0 Å². The Morgan fingerprint density at radius 3 is 2.54 bits per heavy atom. The molecule has 1 atom stereocenters. The Morgan fingerprint density at radius 2 is 2.15 bits per heavy atom. The second kappa shape index (κ2) is 3.24. The van der Waals surface area contributed by atoms with Crippen LogP contribution < -0.4 is 0 Å². The number of esters is 1. The van der Waals surface area contributed by atoms with Crippen molar-refractivity contribution in [1.82, 2.24) is 0 Å². The van der Waals surface area contributed by atoms with Crippen LogP contribution in [0.4, 0.5) is 4.79 Å². The summed E-state index contributed by atoms with van der Waals surface area (Å²) in [5.41, 5.74) is -0.602. The van der Waals surface area contributed by atoms with Crippen LogP contribution in [0.2, 0.25) is 0 Å². The second-order valence-corrected chi connectivity index (χ2v) is 3.76. The third-order valence-electron chi connectivity index (χ3n) is 1.42. The quantitative estimate of drug-likeness (QED) is 0.576. The van der Waals surface area contributed by atoms with Crippen LogP contribution in [0.3, 0.4) is 0 Å². The van der Waals surface area contributed by atoms with Crippen molar-refractivity contribution in [2.75, 3.05) is 6.61 Å². The average Bonchev–Trinajstić information content (AvgIpc) is 2.33. The number of cyclic esters (lactones) is 2. The van der Waals surface area contributed by atoms with Gasteiger partial charge in [-0.05, 0) is 20.8 Å². The molecule has 0 aromatic rings. The van der Waals surface area contributed by atoms with Crippen molar-refractivity contribution in [1.29, 1.82) is 0 Å². The van der Waals surface area contributed by atoms with E-state index in [-0.39, 0.29) is 6.61 Å². The van der Waals surface area contributed by atoms with Gasteiger partial charge in [0.1, 0.15) is 0 Å². The van der Waals surface area contributed by atoms with Gasteiger partial charge >= 0.3 is 12.1 Å². The number of carbonyl (C=O) groups is 2. The van der Waals surface area contributed by atoms with Crippen LogP contribution in [0.1, 0.15) is 20.8 Å². The molecule has 1 fully saturated rings. The van der Waals surface area contributed by atoms with E-state index >= 15 is 0 Å². The van der Waals surface area contributed by atoms with Gasteiger partial charge in [-0.1, -0.05) is 0 Å². The highest BCUT2D eigenvalue weighted by Crippen LogP contribution is 2.18. The highest BCUT2D eigenvalue weighted by atomic mass is 16.8. The summed E-state index contributed by atoms with van der Waals surface area (Å²) in [4.78, 5) is 21.7. The zero-order chi connectivity index (χ0) is 10.1. The van der Waals surface area contributed by atoms with Crippen LogP contribution in [-0.4, -0.2) is 25.0 Å². The molecule has 1 aliphatic rings. The molecule has 0 aliphatic carbocycles. The van der Waals surface area contributed by atoms with Crippen molar-refractivity contribution in [2.24, 2.45) is 5.41 Å². The van der Waals surface area contributed by atoms with E-state index in [0.717, 1.165) is 0 Å². The SMILES string of the molecule is CC(C)(C)C(=O)OC1COC(=O)O1. The van der Waals surface area contributed by atoms with Gasteiger partial charge in [-0.2, -0.15) is 0 Å². The minimum Gasteiger partial charge on any atom is -0.426 e. The van der Waals surface area contributed by atoms with Crippen LogP contribution in [-0.2, 0) is 19.0 Å². The van der Waals surface area contributed by atoms with Gasteiger partial charge in [0, 0.05) is 0 Å². The van der Waals surface area contributed by atoms with E-state index in [1.165, 1.54) is 0 Å². The maximum absolute atomic E-state index is 11.3. The Bertz CT molecular complexity index is 227. The zero-order valence-electron chi connectivity index (χ0n) is 7.83. The van der Waals surface area contributed by atoms with Crippen molar-refractivity contribution in [2.45, 2.75) is 27.1 Å². The maximum atomic E-state index is 11.3. The van der Waals surface area contributed by atoms with Crippen LogP contribution in [0.15, 0.2) is 0 Å². The third kappa shape index (κ3) is 2.61. The molecule has 0 spiro atoms. The fourth-order valence-electron chi connectivity index (χ4n) is 0.666. The van der Waals surface area contributed by atoms with Gasteiger partial charge in [0.2, 0.25) is 0 Å². The fraction of sp³-hybridized carbons (Fsp3) is 0.750. The van der Waals surface area contributed by atoms with E-state index in [1.807, 2.05) is 0 Å². The Hall–Kier alpha value is -1.26. The average molecular weight is 188 g/mol. The maximum Gasteiger partial charge on any atom is 0.511 e. The molecular formula is C8H12O5. The van der Waals surface area contributed by atoms with Crippen molar-refractivity contribution in [3.8, 4) is 0 Å². The monoisotopic (exact) mass is 188 g/mol. The smallest absolute Gasteiger partial charge is 0.426 e. The highest BCUT2D eigenvalue weighted by molar-refractivity contribution is 5.75. The van der Waals surface area contributed by atoms with E-state index in [1.54, 1.807) is 20.8 Å². The van der Waals surface area contributed by atoms with E-state index in [0.29, 0.717) is 0 Å². The summed E-state index contributed by atoms with van der Waals surface area (Å²) in [7, 11) is 0. The predicted octanol–water partition coefficient (Wildman–Crippen LogP) is 1.07. The predicted molar refractivity (Wildman–Crippen MR) is 41.8 cm³/mol. The Kier molecular flexibility index (Phi) is 2.45. The molecule has 1 rings (SSSR count). The molecule has 0 aromatic heterocycles. The standard InChI is InChI=1S/C8H12O5/c1-8(2,3)6(9)12-5-4-11-7(10)13-5/h5H,4H2,1-3H3. The van der Waals surface area contributed by atoms with Crippen LogP contribution >= 0.6 is 0 Å². The van der Waals surface area contributed by atoms with Gasteiger partial charge in [0.05, 0.1) is 5.41 Å². The molecule has 1 unspecified atom stereocenters. The number of ether oxygens (including phenoxy) is 3. The van der Waals surface area contributed by atoms with Crippen LogP contribution in [0.5, 0.6) is 0 Å². The summed E-state index contributed by atoms with van der Waals surface area (Å²) in [6.45, 7) is 5.12. The molecule has 13 heavy (non-hydrogen) atoms. The molecule has 74 valence electrons. The van der Waals surface area contributed by atoms with Gasteiger partial charge < -0.3 is 14.2 Å². The molecule has 1 saturated heterocycles. The van der Waals surface area contributed by atoms with Crippen molar-refractivity contribution < 1.29 is 23.8 Å². The first-order chi connectivity index (χ1) is 5.89. The first kappa shape index (κ1) is 9.83. The topological polar surface area (TPSA) is 61.8 Å². The summed E-state index contributed by atoms with van der Waals surface area (Å²) >= 11 is 0. The number of hydrogen-bond donors (Lipinski definition) is 0. The molecule has 0 radical (unpaired) electrons. The molecule has 1 heterocycles. The molecule has 0 bridgehead atoms. The Balaban J connectivity index is 2.42. The molecule has 0 aromatic carbocycles. The van der Waals surface area contributed by atoms with Gasteiger partial charge in [0.25, 0.3) is 6.29 Å². The summed E-state index contributed by atoms with van der Waals surface area (Å²) in [6.07, 6.45) is -1.69. The Labute approximate surface area is 76.0 Å². The molecule has 0 saturated carbocycles. The van der Waals surface area contributed by atoms with Crippen LogP contribution in [0.25, 0.3) is 0 Å². The molecular weight excluding hydrogens is 176 g/mol. The van der Waals surface area contributed by atoms with Gasteiger partial charge in [0.15, 0.2) is 6.61 Å². The van der Waals surface area contributed by atoms with Crippen molar-refractivity contribution in [3.05, 3.63) is 0 Å². The summed E-state index contributed by atoms with van der Waals surface area (Å²) < 4.78 is 13.8. The minimum atomic E-state index is -0.890. The molecule has 1 aliphatic heterocycles.